The number of rotatable bonds is 1. The van der Waals surface area contributed by atoms with Gasteiger partial charge in [-0.1, -0.05) is 0 Å². The summed E-state index contributed by atoms with van der Waals surface area (Å²) < 4.78 is 51.5. The zero-order valence-electron chi connectivity index (χ0n) is 6.53. The number of alkyl halides is 3. The summed E-state index contributed by atoms with van der Waals surface area (Å²) in [6.07, 6.45) is -4.88. The molecule has 0 aliphatic carbocycles. The summed E-state index contributed by atoms with van der Waals surface area (Å²) >= 11 is 2.77. The summed E-state index contributed by atoms with van der Waals surface area (Å²) in [4.78, 5) is 0. The third-order valence-electron chi connectivity index (χ3n) is 1.28. The predicted octanol–water partition coefficient (Wildman–Crippen LogP) is 3.07. The van der Waals surface area contributed by atoms with Crippen molar-refractivity contribution in [3.05, 3.63) is 22.4 Å². The van der Waals surface area contributed by atoms with Crippen molar-refractivity contribution in [3.8, 4) is 5.75 Å². The van der Waals surface area contributed by atoms with E-state index in [2.05, 4.69) is 20.7 Å². The van der Waals surface area contributed by atoms with E-state index >= 15 is 0 Å². The molecule has 0 atom stereocenters. The van der Waals surface area contributed by atoms with Gasteiger partial charge in [0, 0.05) is 6.07 Å². The zero-order valence-corrected chi connectivity index (χ0v) is 8.12. The lowest BCUT2D eigenvalue weighted by atomic mass is 10.3. The Kier molecular flexibility index (Phi) is 2.89. The van der Waals surface area contributed by atoms with Gasteiger partial charge in [0.2, 0.25) is 0 Å². The quantitative estimate of drug-likeness (QED) is 0.631. The van der Waals surface area contributed by atoms with Crippen LogP contribution in [0.25, 0.3) is 0 Å². The molecule has 0 saturated heterocycles. The van der Waals surface area contributed by atoms with E-state index in [1.807, 2.05) is 0 Å². The third kappa shape index (κ3) is 2.76. The van der Waals surface area contributed by atoms with Gasteiger partial charge < -0.3 is 10.5 Å². The van der Waals surface area contributed by atoms with E-state index in [1.165, 1.54) is 0 Å². The van der Waals surface area contributed by atoms with E-state index in [0.717, 1.165) is 6.07 Å². The minimum absolute atomic E-state index is 0.0236. The van der Waals surface area contributed by atoms with Gasteiger partial charge in [0.25, 0.3) is 0 Å². The highest BCUT2D eigenvalue weighted by atomic mass is 79.9. The fraction of sp³-hybridized carbons (Fsp3) is 0.143. The van der Waals surface area contributed by atoms with Crippen LogP contribution in [0, 0.1) is 5.82 Å². The van der Waals surface area contributed by atoms with Gasteiger partial charge in [-0.15, -0.1) is 13.2 Å². The molecule has 0 unspecified atom stereocenters. The van der Waals surface area contributed by atoms with E-state index in [4.69, 9.17) is 5.73 Å². The van der Waals surface area contributed by atoms with Crippen molar-refractivity contribution in [2.45, 2.75) is 6.36 Å². The zero-order chi connectivity index (χ0) is 10.9. The van der Waals surface area contributed by atoms with E-state index in [0.29, 0.717) is 6.07 Å². The first-order valence-corrected chi connectivity index (χ1v) is 4.09. The topological polar surface area (TPSA) is 35.2 Å². The second-order valence-corrected chi connectivity index (χ2v) is 3.21. The first kappa shape index (κ1) is 11.1. The second-order valence-electron chi connectivity index (χ2n) is 2.35. The molecule has 1 rings (SSSR count). The van der Waals surface area contributed by atoms with Crippen molar-refractivity contribution >= 4 is 21.6 Å². The number of hydrogen-bond donors (Lipinski definition) is 1. The highest BCUT2D eigenvalue weighted by Gasteiger charge is 2.32. The lowest BCUT2D eigenvalue weighted by Crippen LogP contribution is -2.18. The molecule has 7 heteroatoms. The highest BCUT2D eigenvalue weighted by molar-refractivity contribution is 9.10. The van der Waals surface area contributed by atoms with Crippen LogP contribution in [0.1, 0.15) is 0 Å². The Morgan fingerprint density at radius 1 is 1.29 bits per heavy atom. The van der Waals surface area contributed by atoms with E-state index < -0.39 is 17.9 Å². The Balaban J connectivity index is 3.04. The molecule has 0 fully saturated rings. The molecule has 0 heterocycles. The number of anilines is 1. The van der Waals surface area contributed by atoms with Crippen molar-refractivity contribution in [3.63, 3.8) is 0 Å². The van der Waals surface area contributed by atoms with Gasteiger partial charge in [-0.05, 0) is 22.0 Å². The third-order valence-corrected chi connectivity index (χ3v) is 1.89. The van der Waals surface area contributed by atoms with E-state index in [-0.39, 0.29) is 10.2 Å². The maximum atomic E-state index is 12.8. The fourth-order valence-corrected chi connectivity index (χ4v) is 1.12. The second kappa shape index (κ2) is 3.64. The molecule has 0 bridgehead atoms. The number of benzene rings is 1. The van der Waals surface area contributed by atoms with Gasteiger partial charge in [0.15, 0.2) is 5.75 Å². The van der Waals surface area contributed by atoms with Gasteiger partial charge in [-0.2, -0.15) is 0 Å². The van der Waals surface area contributed by atoms with E-state index in [9.17, 15) is 17.6 Å². The van der Waals surface area contributed by atoms with Crippen LogP contribution in [0.3, 0.4) is 0 Å². The number of nitrogen functional groups attached to an aromatic ring is 1. The summed E-state index contributed by atoms with van der Waals surface area (Å²) in [5, 5.41) is 0. The largest absolute Gasteiger partial charge is 0.573 e. The number of halogens is 5. The molecule has 1 aromatic rings. The fourth-order valence-electron chi connectivity index (χ4n) is 0.757. The average Bonchev–Trinajstić information content (AvgIpc) is 1.97. The summed E-state index contributed by atoms with van der Waals surface area (Å²) in [6, 6.07) is 1.56. The first-order valence-electron chi connectivity index (χ1n) is 3.30. The molecule has 0 radical (unpaired) electrons. The molecule has 0 aliphatic rings. The van der Waals surface area contributed by atoms with Gasteiger partial charge in [-0.25, -0.2) is 4.39 Å². The minimum atomic E-state index is -4.88. The number of ether oxygens (including phenoxy) is 1. The summed E-state index contributed by atoms with van der Waals surface area (Å²) in [6.45, 7) is 0. The molecule has 1 aromatic carbocycles. The molecule has 0 aromatic heterocycles. The van der Waals surface area contributed by atoms with Crippen LogP contribution in [-0.4, -0.2) is 6.36 Å². The Morgan fingerprint density at radius 2 is 1.86 bits per heavy atom. The molecule has 0 saturated carbocycles. The van der Waals surface area contributed by atoms with Gasteiger partial charge in [-0.3, -0.25) is 0 Å². The van der Waals surface area contributed by atoms with Crippen LogP contribution < -0.4 is 10.5 Å². The Bertz CT molecular complexity index is 352. The maximum Gasteiger partial charge on any atom is 0.573 e. The van der Waals surface area contributed by atoms with Crippen LogP contribution >= 0.6 is 15.9 Å². The monoisotopic (exact) mass is 273 g/mol. The molecule has 78 valence electrons. The molecule has 0 spiro atoms. The van der Waals surface area contributed by atoms with Gasteiger partial charge in [0.05, 0.1) is 10.2 Å². The van der Waals surface area contributed by atoms with Crippen LogP contribution in [0.5, 0.6) is 5.75 Å². The number of nitrogens with two attached hydrogens (primary N) is 1. The van der Waals surface area contributed by atoms with Crippen LogP contribution in [0.2, 0.25) is 0 Å². The SMILES string of the molecule is Nc1cc(Br)c(F)cc1OC(F)(F)F. The Hall–Kier alpha value is -0.980. The van der Waals surface area contributed by atoms with E-state index in [1.54, 1.807) is 0 Å². The lowest BCUT2D eigenvalue weighted by molar-refractivity contribution is -0.274. The molecular formula is C7H4BrF4NO. The van der Waals surface area contributed by atoms with Crippen molar-refractivity contribution in [2.24, 2.45) is 0 Å². The van der Waals surface area contributed by atoms with Gasteiger partial charge in [0.1, 0.15) is 5.82 Å². The van der Waals surface area contributed by atoms with Crippen molar-refractivity contribution in [1.29, 1.82) is 0 Å². The number of hydrogen-bond acceptors (Lipinski definition) is 2. The van der Waals surface area contributed by atoms with Crippen LogP contribution in [-0.2, 0) is 0 Å². The van der Waals surface area contributed by atoms with Crippen molar-refractivity contribution in [2.75, 3.05) is 5.73 Å². The molecule has 0 amide bonds. The minimum Gasteiger partial charge on any atom is -0.403 e. The highest BCUT2D eigenvalue weighted by Crippen LogP contribution is 2.32. The molecule has 2 nitrogen and oxygen atoms in total. The first-order chi connectivity index (χ1) is 6.29. The molecule has 0 aliphatic heterocycles. The summed E-state index contributed by atoms with van der Waals surface area (Å²) in [7, 11) is 0. The predicted molar refractivity (Wildman–Crippen MR) is 45.2 cm³/mol. The smallest absolute Gasteiger partial charge is 0.403 e. The van der Waals surface area contributed by atoms with Crippen LogP contribution in [0.4, 0.5) is 23.2 Å². The normalized spacial score (nSPS) is 11.5. The molecule has 14 heavy (non-hydrogen) atoms. The molecule has 2 N–H and O–H groups in total. The Labute approximate surface area is 84.8 Å². The standard InChI is InChI=1S/C7H4BrF4NO/c8-3-1-5(13)6(2-4(3)9)14-7(10,11)12/h1-2H,13H2. The average molecular weight is 274 g/mol. The Morgan fingerprint density at radius 3 is 2.36 bits per heavy atom. The van der Waals surface area contributed by atoms with Gasteiger partial charge >= 0.3 is 6.36 Å². The molecular weight excluding hydrogens is 270 g/mol. The lowest BCUT2D eigenvalue weighted by Gasteiger charge is -2.11. The van der Waals surface area contributed by atoms with Crippen molar-refractivity contribution < 1.29 is 22.3 Å². The van der Waals surface area contributed by atoms with Crippen molar-refractivity contribution in [1.82, 2.24) is 0 Å². The van der Waals surface area contributed by atoms with Crippen LogP contribution in [0.15, 0.2) is 16.6 Å². The maximum absolute atomic E-state index is 12.8. The summed E-state index contributed by atoms with van der Waals surface area (Å²) in [5.41, 5.74) is 4.88. The summed E-state index contributed by atoms with van der Waals surface area (Å²) in [5.74, 6) is -1.63.